The van der Waals surface area contributed by atoms with Crippen LogP contribution in [0.5, 0.6) is 0 Å². The van der Waals surface area contributed by atoms with Crippen molar-refractivity contribution in [1.29, 1.82) is 0 Å². The van der Waals surface area contributed by atoms with E-state index in [1.807, 2.05) is 0 Å². The van der Waals surface area contributed by atoms with Gasteiger partial charge in [-0.05, 0) is 19.3 Å². The molecule has 0 saturated heterocycles. The summed E-state index contributed by atoms with van der Waals surface area (Å²) in [5.41, 5.74) is 0. The average molecular weight is 409 g/mol. The van der Waals surface area contributed by atoms with Gasteiger partial charge in [-0.3, -0.25) is 4.79 Å². The normalized spacial score (nSPS) is 11.2. The predicted octanol–water partition coefficient (Wildman–Crippen LogP) is 5.27. The summed E-state index contributed by atoms with van der Waals surface area (Å²) in [5, 5.41) is 0.814. The Bertz CT molecular complexity index is 258. The smallest absolute Gasteiger partial charge is 0.306 e. The van der Waals surface area contributed by atoms with Crippen LogP contribution in [0.2, 0.25) is 0 Å². The summed E-state index contributed by atoms with van der Waals surface area (Å²) >= 11 is 3.33. The molecule has 0 aliphatic carbocycles. The summed E-state index contributed by atoms with van der Waals surface area (Å²) in [6, 6.07) is 0. The van der Waals surface area contributed by atoms with Gasteiger partial charge < -0.3 is 14.2 Å². The first-order chi connectivity index (χ1) is 11.7. The second-order valence-electron chi connectivity index (χ2n) is 6.18. The molecule has 0 radical (unpaired) electrons. The molecule has 0 aliphatic rings. The zero-order valence-electron chi connectivity index (χ0n) is 15.7. The maximum Gasteiger partial charge on any atom is 0.306 e. The fourth-order valence-corrected chi connectivity index (χ4v) is 2.54. The van der Waals surface area contributed by atoms with Crippen LogP contribution in [0, 0.1) is 0 Å². The van der Waals surface area contributed by atoms with Gasteiger partial charge in [-0.1, -0.05) is 68.3 Å². The minimum atomic E-state index is -0.287. The Morgan fingerprint density at radius 2 is 1.38 bits per heavy atom. The SMILES string of the molecule is CCCCCCOCC(COCCCCCC)OC(=O)CCCBr. The van der Waals surface area contributed by atoms with Gasteiger partial charge in [0.15, 0.2) is 0 Å². The van der Waals surface area contributed by atoms with Crippen molar-refractivity contribution >= 4 is 21.9 Å². The summed E-state index contributed by atoms with van der Waals surface area (Å²) in [4.78, 5) is 11.8. The number of unbranched alkanes of at least 4 members (excludes halogenated alkanes) is 6. The summed E-state index contributed by atoms with van der Waals surface area (Å²) < 4.78 is 16.9. The Balaban J connectivity index is 3.93. The fourth-order valence-electron chi connectivity index (χ4n) is 2.26. The fraction of sp³-hybridized carbons (Fsp3) is 0.947. The third kappa shape index (κ3) is 16.7. The zero-order chi connectivity index (χ0) is 17.9. The van der Waals surface area contributed by atoms with Crippen LogP contribution in [-0.4, -0.2) is 43.8 Å². The number of ether oxygens (including phenoxy) is 3. The van der Waals surface area contributed by atoms with Crippen LogP contribution >= 0.6 is 15.9 Å². The highest BCUT2D eigenvalue weighted by molar-refractivity contribution is 9.09. The highest BCUT2D eigenvalue weighted by atomic mass is 79.9. The maximum absolute atomic E-state index is 11.8. The third-order valence-corrected chi connectivity index (χ3v) is 4.27. The zero-order valence-corrected chi connectivity index (χ0v) is 17.3. The first kappa shape index (κ1) is 23.9. The number of alkyl halides is 1. The van der Waals surface area contributed by atoms with Crippen LogP contribution in [0.15, 0.2) is 0 Å². The van der Waals surface area contributed by atoms with Gasteiger partial charge in [0.25, 0.3) is 0 Å². The molecule has 0 N–H and O–H groups in total. The van der Waals surface area contributed by atoms with Crippen LogP contribution < -0.4 is 0 Å². The Hall–Kier alpha value is -0.130. The average Bonchev–Trinajstić information content (AvgIpc) is 2.58. The van der Waals surface area contributed by atoms with Crippen molar-refractivity contribution in [2.24, 2.45) is 0 Å². The maximum atomic E-state index is 11.8. The molecule has 0 unspecified atom stereocenters. The lowest BCUT2D eigenvalue weighted by atomic mass is 10.2. The first-order valence-corrected chi connectivity index (χ1v) is 10.8. The minimum Gasteiger partial charge on any atom is -0.457 e. The van der Waals surface area contributed by atoms with Crippen molar-refractivity contribution < 1.29 is 19.0 Å². The van der Waals surface area contributed by atoms with Crippen LogP contribution in [0.1, 0.15) is 78.1 Å². The molecule has 0 spiro atoms. The van der Waals surface area contributed by atoms with Crippen molar-refractivity contribution in [1.82, 2.24) is 0 Å². The second kappa shape index (κ2) is 19.2. The van der Waals surface area contributed by atoms with E-state index in [-0.39, 0.29) is 12.1 Å². The molecular weight excluding hydrogens is 372 g/mol. The summed E-state index contributed by atoms with van der Waals surface area (Å²) in [7, 11) is 0. The number of esters is 1. The lowest BCUT2D eigenvalue weighted by Gasteiger charge is -2.18. The van der Waals surface area contributed by atoms with E-state index in [9.17, 15) is 4.79 Å². The van der Waals surface area contributed by atoms with Crippen molar-refractivity contribution in [2.45, 2.75) is 84.2 Å². The van der Waals surface area contributed by atoms with Gasteiger partial charge in [-0.2, -0.15) is 0 Å². The van der Waals surface area contributed by atoms with E-state index in [0.29, 0.717) is 19.6 Å². The van der Waals surface area contributed by atoms with Gasteiger partial charge in [0.2, 0.25) is 0 Å². The predicted molar refractivity (Wildman–Crippen MR) is 103 cm³/mol. The molecule has 4 nitrogen and oxygen atoms in total. The number of carbonyl (C=O) groups excluding carboxylic acids is 1. The van der Waals surface area contributed by atoms with Crippen molar-refractivity contribution in [3.05, 3.63) is 0 Å². The van der Waals surface area contributed by atoms with Crippen molar-refractivity contribution in [3.63, 3.8) is 0 Å². The van der Waals surface area contributed by atoms with E-state index in [1.54, 1.807) is 0 Å². The highest BCUT2D eigenvalue weighted by Crippen LogP contribution is 2.05. The van der Waals surface area contributed by atoms with Crippen molar-refractivity contribution in [2.75, 3.05) is 31.8 Å². The lowest BCUT2D eigenvalue weighted by Crippen LogP contribution is -2.29. The van der Waals surface area contributed by atoms with Gasteiger partial charge in [-0.15, -0.1) is 0 Å². The molecule has 5 heteroatoms. The van der Waals surface area contributed by atoms with Gasteiger partial charge in [0.05, 0.1) is 13.2 Å². The van der Waals surface area contributed by atoms with E-state index in [2.05, 4.69) is 29.8 Å². The lowest BCUT2D eigenvalue weighted by molar-refractivity contribution is -0.156. The molecule has 0 heterocycles. The van der Waals surface area contributed by atoms with Gasteiger partial charge in [-0.25, -0.2) is 0 Å². The monoisotopic (exact) mass is 408 g/mol. The Morgan fingerprint density at radius 1 is 0.833 bits per heavy atom. The van der Waals surface area contributed by atoms with Crippen LogP contribution in [0.3, 0.4) is 0 Å². The standard InChI is InChI=1S/C19H37BrO4/c1-3-5-7-9-14-22-16-18(24-19(21)12-11-13-20)17-23-15-10-8-6-4-2/h18H,3-17H2,1-2H3. The molecule has 0 aromatic rings. The summed E-state index contributed by atoms with van der Waals surface area (Å²) in [5.74, 6) is -0.163. The molecule has 0 saturated carbocycles. The quantitative estimate of drug-likeness (QED) is 0.176. The number of carbonyl (C=O) groups is 1. The van der Waals surface area contributed by atoms with Crippen LogP contribution in [-0.2, 0) is 19.0 Å². The topological polar surface area (TPSA) is 44.8 Å². The van der Waals surface area contributed by atoms with Gasteiger partial charge >= 0.3 is 5.97 Å². The molecule has 0 fully saturated rings. The number of hydrogen-bond donors (Lipinski definition) is 0. The molecule has 0 aromatic heterocycles. The molecule has 0 amide bonds. The van der Waals surface area contributed by atoms with Crippen molar-refractivity contribution in [3.8, 4) is 0 Å². The molecule has 0 atom stereocenters. The molecular formula is C19H37BrO4. The van der Waals surface area contributed by atoms with Gasteiger partial charge in [0.1, 0.15) is 6.10 Å². The summed E-state index contributed by atoms with van der Waals surface area (Å²) in [6.45, 7) is 6.71. The molecule has 0 aliphatic heterocycles. The number of rotatable bonds is 18. The molecule has 0 aromatic carbocycles. The van der Waals surface area contributed by atoms with E-state index in [0.717, 1.165) is 37.8 Å². The van der Waals surface area contributed by atoms with E-state index in [4.69, 9.17) is 14.2 Å². The Labute approximate surface area is 157 Å². The number of halogens is 1. The van der Waals surface area contributed by atoms with Crippen LogP contribution in [0.4, 0.5) is 0 Å². The highest BCUT2D eigenvalue weighted by Gasteiger charge is 2.15. The van der Waals surface area contributed by atoms with E-state index in [1.165, 1.54) is 38.5 Å². The molecule has 0 rings (SSSR count). The third-order valence-electron chi connectivity index (χ3n) is 3.70. The Morgan fingerprint density at radius 3 is 1.83 bits per heavy atom. The molecule has 0 bridgehead atoms. The second-order valence-corrected chi connectivity index (χ2v) is 6.97. The largest absolute Gasteiger partial charge is 0.457 e. The first-order valence-electron chi connectivity index (χ1n) is 9.65. The molecule has 144 valence electrons. The number of hydrogen-bond acceptors (Lipinski definition) is 4. The van der Waals surface area contributed by atoms with Gasteiger partial charge in [0, 0.05) is 25.0 Å². The molecule has 24 heavy (non-hydrogen) atoms. The van der Waals surface area contributed by atoms with E-state index >= 15 is 0 Å². The van der Waals surface area contributed by atoms with E-state index < -0.39 is 0 Å². The minimum absolute atomic E-state index is 0.163. The summed E-state index contributed by atoms with van der Waals surface area (Å²) in [6.07, 6.45) is 10.4. The Kier molecular flexibility index (Phi) is 19.1. The van der Waals surface area contributed by atoms with Crippen LogP contribution in [0.25, 0.3) is 0 Å².